The Balaban J connectivity index is 2.20. The average Bonchev–Trinajstić information content (AvgIpc) is 2.99. The van der Waals surface area contributed by atoms with Crippen LogP contribution in [-0.4, -0.2) is 32.0 Å². The van der Waals surface area contributed by atoms with Crippen molar-refractivity contribution in [2.75, 3.05) is 13.7 Å². The summed E-state index contributed by atoms with van der Waals surface area (Å²) in [5.41, 5.74) is 2.18. The van der Waals surface area contributed by atoms with E-state index >= 15 is 0 Å². The standard InChI is InChI=1S/C18H16FNO3/c1-20-18(22)14-8-11(10-21)7-13-16(12-5-3-2-4-6-12)15(9-19)23-17(13)14/h2-8,10,15-16H,9H2,1H3,(H,20,22)/t15-,16?/m0/s1. The minimum atomic E-state index is -0.710. The molecule has 4 nitrogen and oxygen atoms in total. The molecule has 2 aromatic carbocycles. The number of hydrogen-bond donors (Lipinski definition) is 1. The smallest absolute Gasteiger partial charge is 0.254 e. The highest BCUT2D eigenvalue weighted by Gasteiger charge is 2.38. The van der Waals surface area contributed by atoms with E-state index in [-0.39, 0.29) is 17.4 Å². The molecule has 1 aliphatic rings. The van der Waals surface area contributed by atoms with Crippen LogP contribution in [0.2, 0.25) is 0 Å². The van der Waals surface area contributed by atoms with Crippen LogP contribution in [-0.2, 0) is 0 Å². The molecule has 5 heteroatoms. The molecular weight excluding hydrogens is 297 g/mol. The number of aldehydes is 1. The fourth-order valence-electron chi connectivity index (χ4n) is 3.00. The first-order valence-corrected chi connectivity index (χ1v) is 7.32. The van der Waals surface area contributed by atoms with Crippen molar-refractivity contribution in [3.05, 3.63) is 64.7 Å². The Kier molecular flexibility index (Phi) is 4.10. The van der Waals surface area contributed by atoms with Gasteiger partial charge in [-0.15, -0.1) is 0 Å². The fraction of sp³-hybridized carbons (Fsp3) is 0.222. The summed E-state index contributed by atoms with van der Waals surface area (Å²) in [7, 11) is 1.50. The minimum Gasteiger partial charge on any atom is -0.486 e. The van der Waals surface area contributed by atoms with Gasteiger partial charge in [-0.05, 0) is 17.7 Å². The van der Waals surface area contributed by atoms with Gasteiger partial charge in [-0.1, -0.05) is 30.3 Å². The van der Waals surface area contributed by atoms with Gasteiger partial charge in [0.2, 0.25) is 0 Å². The van der Waals surface area contributed by atoms with Gasteiger partial charge in [0.1, 0.15) is 24.8 Å². The molecule has 0 saturated heterocycles. The summed E-state index contributed by atoms with van der Waals surface area (Å²) in [4.78, 5) is 23.3. The van der Waals surface area contributed by atoms with E-state index in [2.05, 4.69) is 5.32 Å². The summed E-state index contributed by atoms with van der Waals surface area (Å²) in [5, 5.41) is 2.52. The van der Waals surface area contributed by atoms with Crippen molar-refractivity contribution >= 4 is 12.2 Å². The van der Waals surface area contributed by atoms with Gasteiger partial charge in [0.15, 0.2) is 0 Å². The summed E-state index contributed by atoms with van der Waals surface area (Å²) < 4.78 is 19.2. The first kappa shape index (κ1) is 15.2. The van der Waals surface area contributed by atoms with Gasteiger partial charge in [0.05, 0.1) is 11.5 Å². The average molecular weight is 313 g/mol. The maximum absolute atomic E-state index is 13.5. The molecule has 2 atom stereocenters. The second kappa shape index (κ2) is 6.20. The molecule has 118 valence electrons. The molecule has 0 aromatic heterocycles. The minimum absolute atomic E-state index is 0.254. The number of carbonyl (C=O) groups excluding carboxylic acids is 2. The molecule has 2 aromatic rings. The third-order valence-corrected chi connectivity index (χ3v) is 4.03. The monoisotopic (exact) mass is 313 g/mol. The molecule has 0 bridgehead atoms. The second-order valence-corrected chi connectivity index (χ2v) is 5.38. The highest BCUT2D eigenvalue weighted by molar-refractivity contribution is 5.99. The van der Waals surface area contributed by atoms with Gasteiger partial charge < -0.3 is 10.1 Å². The lowest BCUT2D eigenvalue weighted by molar-refractivity contribution is 0.0955. The second-order valence-electron chi connectivity index (χ2n) is 5.38. The molecule has 23 heavy (non-hydrogen) atoms. The molecule has 0 aliphatic carbocycles. The molecule has 1 N–H and O–H groups in total. The van der Waals surface area contributed by atoms with Crippen molar-refractivity contribution in [3.8, 4) is 5.75 Å². The van der Waals surface area contributed by atoms with Crippen LogP contribution in [0, 0.1) is 0 Å². The molecular formula is C18H16FNO3. The maximum Gasteiger partial charge on any atom is 0.254 e. The van der Waals surface area contributed by atoms with Crippen LogP contribution < -0.4 is 10.1 Å². The fourth-order valence-corrected chi connectivity index (χ4v) is 3.00. The van der Waals surface area contributed by atoms with Crippen LogP contribution in [0.4, 0.5) is 4.39 Å². The largest absolute Gasteiger partial charge is 0.486 e. The number of ether oxygens (including phenoxy) is 1. The Morgan fingerprint density at radius 3 is 2.65 bits per heavy atom. The molecule has 1 heterocycles. The van der Waals surface area contributed by atoms with E-state index < -0.39 is 12.8 Å². The number of fused-ring (bicyclic) bond motifs is 1. The molecule has 1 unspecified atom stereocenters. The Labute approximate surface area is 133 Å². The van der Waals surface area contributed by atoms with Gasteiger partial charge in [-0.25, -0.2) is 4.39 Å². The van der Waals surface area contributed by atoms with Gasteiger partial charge in [-0.3, -0.25) is 9.59 Å². The number of rotatable bonds is 4. The molecule has 1 aliphatic heterocycles. The Bertz CT molecular complexity index is 745. The molecule has 0 fully saturated rings. The van der Waals surface area contributed by atoms with Crippen molar-refractivity contribution in [2.24, 2.45) is 0 Å². The highest BCUT2D eigenvalue weighted by atomic mass is 19.1. The van der Waals surface area contributed by atoms with Crippen molar-refractivity contribution in [3.63, 3.8) is 0 Å². The Morgan fingerprint density at radius 1 is 1.30 bits per heavy atom. The zero-order valence-corrected chi connectivity index (χ0v) is 12.6. The third-order valence-electron chi connectivity index (χ3n) is 4.03. The van der Waals surface area contributed by atoms with Gasteiger partial charge in [-0.2, -0.15) is 0 Å². The van der Waals surface area contributed by atoms with E-state index in [1.165, 1.54) is 13.1 Å². The van der Waals surface area contributed by atoms with Crippen LogP contribution in [0.1, 0.15) is 37.8 Å². The van der Waals surface area contributed by atoms with Crippen LogP contribution in [0.3, 0.4) is 0 Å². The van der Waals surface area contributed by atoms with Crippen molar-refractivity contribution in [2.45, 2.75) is 12.0 Å². The van der Waals surface area contributed by atoms with Crippen LogP contribution in [0.25, 0.3) is 0 Å². The van der Waals surface area contributed by atoms with Crippen LogP contribution >= 0.6 is 0 Å². The Hall–Kier alpha value is -2.69. The van der Waals surface area contributed by atoms with E-state index in [1.807, 2.05) is 30.3 Å². The number of amides is 1. The zero-order chi connectivity index (χ0) is 16.4. The predicted molar refractivity (Wildman–Crippen MR) is 83.9 cm³/mol. The van der Waals surface area contributed by atoms with E-state index in [0.29, 0.717) is 23.2 Å². The number of alkyl halides is 1. The number of benzene rings is 2. The van der Waals surface area contributed by atoms with Crippen molar-refractivity contribution < 1.29 is 18.7 Å². The van der Waals surface area contributed by atoms with Gasteiger partial charge in [0, 0.05) is 18.2 Å². The Morgan fingerprint density at radius 2 is 2.04 bits per heavy atom. The molecule has 0 spiro atoms. The number of nitrogens with one attached hydrogen (secondary N) is 1. The molecule has 0 saturated carbocycles. The summed E-state index contributed by atoms with van der Waals surface area (Å²) in [6.45, 7) is -0.683. The number of hydrogen-bond acceptors (Lipinski definition) is 3. The van der Waals surface area contributed by atoms with Crippen molar-refractivity contribution in [1.29, 1.82) is 0 Å². The first-order valence-electron chi connectivity index (χ1n) is 7.32. The van der Waals surface area contributed by atoms with E-state index in [9.17, 15) is 14.0 Å². The number of carbonyl (C=O) groups is 2. The lowest BCUT2D eigenvalue weighted by Crippen LogP contribution is -2.22. The zero-order valence-electron chi connectivity index (χ0n) is 12.6. The highest BCUT2D eigenvalue weighted by Crippen LogP contribution is 2.44. The summed E-state index contributed by atoms with van der Waals surface area (Å²) in [6.07, 6.45) is -0.0323. The topological polar surface area (TPSA) is 55.4 Å². The van der Waals surface area contributed by atoms with E-state index in [1.54, 1.807) is 6.07 Å². The van der Waals surface area contributed by atoms with Crippen LogP contribution in [0.5, 0.6) is 5.75 Å². The number of halogens is 1. The summed E-state index contributed by atoms with van der Waals surface area (Å²) >= 11 is 0. The molecule has 0 radical (unpaired) electrons. The SMILES string of the molecule is CNC(=O)c1cc(C=O)cc2c1O[C@@H](CF)C2c1ccccc1. The normalized spacial score (nSPS) is 18.9. The van der Waals surface area contributed by atoms with Gasteiger partial charge >= 0.3 is 0 Å². The lowest BCUT2D eigenvalue weighted by atomic mass is 9.87. The third kappa shape index (κ3) is 2.59. The molecule has 1 amide bonds. The first-order chi connectivity index (χ1) is 11.2. The lowest BCUT2D eigenvalue weighted by Gasteiger charge is -2.16. The summed E-state index contributed by atoms with van der Waals surface area (Å²) in [6, 6.07) is 12.5. The summed E-state index contributed by atoms with van der Waals surface area (Å²) in [5.74, 6) is -0.359. The van der Waals surface area contributed by atoms with Gasteiger partial charge in [0.25, 0.3) is 5.91 Å². The predicted octanol–water partition coefficient (Wildman–Crippen LogP) is 2.72. The molecule has 3 rings (SSSR count). The van der Waals surface area contributed by atoms with Crippen LogP contribution in [0.15, 0.2) is 42.5 Å². The quantitative estimate of drug-likeness (QED) is 0.883. The van der Waals surface area contributed by atoms with Crippen molar-refractivity contribution in [1.82, 2.24) is 5.32 Å². The van der Waals surface area contributed by atoms with E-state index in [0.717, 1.165) is 5.56 Å². The van der Waals surface area contributed by atoms with E-state index in [4.69, 9.17) is 4.74 Å². The maximum atomic E-state index is 13.5.